The molecule has 3 aromatic carbocycles. The Balaban J connectivity index is 1.53. The molecule has 0 heterocycles. The van der Waals surface area contributed by atoms with Crippen LogP contribution in [0.3, 0.4) is 0 Å². The highest BCUT2D eigenvalue weighted by Gasteiger charge is 2.12. The first kappa shape index (κ1) is 22.4. The van der Waals surface area contributed by atoms with Gasteiger partial charge in [-0.15, -0.1) is 0 Å². The number of ether oxygens (including phenoxy) is 2. The minimum atomic E-state index is -0.668. The minimum absolute atomic E-state index is 0.126. The van der Waals surface area contributed by atoms with Gasteiger partial charge in [-0.2, -0.15) is 5.10 Å². The van der Waals surface area contributed by atoms with Gasteiger partial charge in [0.05, 0.1) is 21.7 Å². The third kappa shape index (κ3) is 6.38. The summed E-state index contributed by atoms with van der Waals surface area (Å²) >= 11 is 5.95. The number of carbonyl (C=O) groups excluding carboxylic acids is 2. The van der Waals surface area contributed by atoms with Crippen LogP contribution in [0.15, 0.2) is 77.9 Å². The molecule has 0 bridgehead atoms. The summed E-state index contributed by atoms with van der Waals surface area (Å²) in [5.74, 6) is -0.526. The molecule has 0 spiro atoms. The van der Waals surface area contributed by atoms with Gasteiger partial charge in [-0.05, 0) is 42.0 Å². The molecule has 0 saturated heterocycles. The maximum atomic E-state index is 12.2. The molecular formula is C22H16ClN3O6. The minimum Gasteiger partial charge on any atom is -0.482 e. The Morgan fingerprint density at radius 3 is 2.53 bits per heavy atom. The van der Waals surface area contributed by atoms with Gasteiger partial charge in [-0.3, -0.25) is 14.9 Å². The zero-order chi connectivity index (χ0) is 22.9. The SMILES string of the molecule is O=C(COc1ccccc1Cl)N/N=C/c1cccc(OC(=O)c2ccc([N+](=O)[O-])cc2)c1. The van der Waals surface area contributed by atoms with Gasteiger partial charge in [0.1, 0.15) is 11.5 Å². The summed E-state index contributed by atoms with van der Waals surface area (Å²) in [6, 6.07) is 18.3. The molecule has 3 aromatic rings. The molecule has 0 aliphatic carbocycles. The molecule has 0 atom stereocenters. The number of hydrazone groups is 1. The summed E-state index contributed by atoms with van der Waals surface area (Å²) in [5.41, 5.74) is 2.92. The van der Waals surface area contributed by atoms with E-state index in [9.17, 15) is 19.7 Å². The van der Waals surface area contributed by atoms with Crippen LogP contribution in [-0.2, 0) is 4.79 Å². The molecule has 0 aliphatic heterocycles. The maximum absolute atomic E-state index is 12.2. The van der Waals surface area contributed by atoms with E-state index in [1.165, 1.54) is 30.5 Å². The lowest BCUT2D eigenvalue weighted by atomic mass is 10.2. The van der Waals surface area contributed by atoms with Gasteiger partial charge in [-0.25, -0.2) is 10.2 Å². The first-order valence-corrected chi connectivity index (χ1v) is 9.56. The van der Waals surface area contributed by atoms with E-state index in [0.717, 1.165) is 0 Å². The Hall–Kier alpha value is -4.24. The number of esters is 1. The number of rotatable bonds is 8. The molecule has 1 amide bonds. The number of hydrogen-bond acceptors (Lipinski definition) is 7. The number of nitrogens with zero attached hydrogens (tertiary/aromatic N) is 2. The third-order valence-electron chi connectivity index (χ3n) is 3.98. The second-order valence-electron chi connectivity index (χ2n) is 6.28. The van der Waals surface area contributed by atoms with Gasteiger partial charge in [0.15, 0.2) is 6.61 Å². The van der Waals surface area contributed by atoms with Crippen LogP contribution in [0.25, 0.3) is 0 Å². The van der Waals surface area contributed by atoms with Crippen molar-refractivity contribution in [3.8, 4) is 11.5 Å². The monoisotopic (exact) mass is 453 g/mol. The third-order valence-corrected chi connectivity index (χ3v) is 4.29. The lowest BCUT2D eigenvalue weighted by Gasteiger charge is -2.06. The van der Waals surface area contributed by atoms with Crippen molar-refractivity contribution in [3.05, 3.63) is 99.1 Å². The van der Waals surface area contributed by atoms with Gasteiger partial charge in [-0.1, -0.05) is 35.9 Å². The molecule has 3 rings (SSSR count). The fourth-order valence-electron chi connectivity index (χ4n) is 2.46. The topological polar surface area (TPSA) is 120 Å². The van der Waals surface area contributed by atoms with Crippen LogP contribution >= 0.6 is 11.6 Å². The predicted octanol–water partition coefficient (Wildman–Crippen LogP) is 4.00. The normalized spacial score (nSPS) is 10.5. The van der Waals surface area contributed by atoms with E-state index in [-0.39, 0.29) is 23.6 Å². The van der Waals surface area contributed by atoms with Crippen molar-refractivity contribution >= 4 is 35.4 Å². The highest BCUT2D eigenvalue weighted by molar-refractivity contribution is 6.32. The number of nitro benzene ring substituents is 1. The summed E-state index contributed by atoms with van der Waals surface area (Å²) in [6.45, 7) is -0.270. The van der Waals surface area contributed by atoms with Crippen molar-refractivity contribution in [2.75, 3.05) is 6.61 Å². The Morgan fingerprint density at radius 2 is 1.81 bits per heavy atom. The standard InChI is InChI=1S/C22H16ClN3O6/c23-19-6-1-2-7-20(19)31-14-21(27)25-24-13-15-4-3-5-18(12-15)32-22(28)16-8-10-17(11-9-16)26(29)30/h1-13H,14H2,(H,25,27)/b24-13+. The number of non-ortho nitro benzene ring substituents is 1. The van der Waals surface area contributed by atoms with Crippen molar-refractivity contribution < 1.29 is 24.0 Å². The molecule has 0 aliphatic rings. The Labute approximate surface area is 187 Å². The summed E-state index contributed by atoms with van der Waals surface area (Å²) in [4.78, 5) is 34.2. The molecule has 10 heteroatoms. The maximum Gasteiger partial charge on any atom is 0.343 e. The number of para-hydroxylation sites is 1. The van der Waals surface area contributed by atoms with Crippen LogP contribution in [-0.4, -0.2) is 29.6 Å². The average molecular weight is 454 g/mol. The van der Waals surface area contributed by atoms with E-state index in [1.54, 1.807) is 48.5 Å². The number of amides is 1. The summed E-state index contributed by atoms with van der Waals surface area (Å²) in [6.07, 6.45) is 1.37. The second kappa shape index (κ2) is 10.7. The molecule has 0 fully saturated rings. The number of benzene rings is 3. The summed E-state index contributed by atoms with van der Waals surface area (Å²) in [7, 11) is 0. The van der Waals surface area contributed by atoms with Gasteiger partial charge < -0.3 is 9.47 Å². The van der Waals surface area contributed by atoms with Gasteiger partial charge in [0, 0.05) is 12.1 Å². The smallest absolute Gasteiger partial charge is 0.343 e. The van der Waals surface area contributed by atoms with Crippen LogP contribution in [0.2, 0.25) is 5.02 Å². The van der Waals surface area contributed by atoms with E-state index >= 15 is 0 Å². The molecule has 162 valence electrons. The lowest BCUT2D eigenvalue weighted by Crippen LogP contribution is -2.24. The van der Waals surface area contributed by atoms with E-state index < -0.39 is 16.8 Å². The zero-order valence-electron chi connectivity index (χ0n) is 16.4. The Bertz CT molecular complexity index is 1160. The van der Waals surface area contributed by atoms with Crippen molar-refractivity contribution in [1.82, 2.24) is 5.43 Å². The molecule has 32 heavy (non-hydrogen) atoms. The van der Waals surface area contributed by atoms with E-state index in [1.807, 2.05) is 0 Å². The quantitative estimate of drug-likeness (QED) is 0.181. The summed E-state index contributed by atoms with van der Waals surface area (Å²) < 4.78 is 10.6. The number of nitrogens with one attached hydrogen (secondary N) is 1. The Morgan fingerprint density at radius 1 is 1.06 bits per heavy atom. The van der Waals surface area contributed by atoms with Crippen LogP contribution in [0, 0.1) is 10.1 Å². The van der Waals surface area contributed by atoms with E-state index in [2.05, 4.69) is 10.5 Å². The zero-order valence-corrected chi connectivity index (χ0v) is 17.2. The molecule has 0 saturated carbocycles. The molecule has 9 nitrogen and oxygen atoms in total. The van der Waals surface area contributed by atoms with Crippen molar-refractivity contribution in [2.24, 2.45) is 5.10 Å². The van der Waals surface area contributed by atoms with Gasteiger partial charge >= 0.3 is 5.97 Å². The molecule has 1 N–H and O–H groups in total. The highest BCUT2D eigenvalue weighted by Crippen LogP contribution is 2.22. The fraction of sp³-hybridized carbons (Fsp3) is 0.0455. The Kier molecular flexibility index (Phi) is 7.50. The van der Waals surface area contributed by atoms with Crippen LogP contribution in [0.5, 0.6) is 11.5 Å². The van der Waals surface area contributed by atoms with Crippen molar-refractivity contribution in [1.29, 1.82) is 0 Å². The highest BCUT2D eigenvalue weighted by atomic mass is 35.5. The average Bonchev–Trinajstić information content (AvgIpc) is 2.79. The fourth-order valence-corrected chi connectivity index (χ4v) is 2.65. The number of hydrogen-bond donors (Lipinski definition) is 1. The first-order valence-electron chi connectivity index (χ1n) is 9.18. The lowest BCUT2D eigenvalue weighted by molar-refractivity contribution is -0.384. The van der Waals surface area contributed by atoms with Crippen LogP contribution < -0.4 is 14.9 Å². The second-order valence-corrected chi connectivity index (χ2v) is 6.69. The number of nitro groups is 1. The van der Waals surface area contributed by atoms with Crippen molar-refractivity contribution in [3.63, 3.8) is 0 Å². The predicted molar refractivity (Wildman–Crippen MR) is 117 cm³/mol. The molecular weight excluding hydrogens is 438 g/mol. The number of carbonyl (C=O) groups is 2. The van der Waals surface area contributed by atoms with Gasteiger partial charge in [0.25, 0.3) is 11.6 Å². The molecule has 0 radical (unpaired) electrons. The molecule has 0 aromatic heterocycles. The summed E-state index contributed by atoms with van der Waals surface area (Å²) in [5, 5.41) is 14.9. The first-order chi connectivity index (χ1) is 15.4. The molecule has 0 unspecified atom stereocenters. The largest absolute Gasteiger partial charge is 0.482 e. The van der Waals surface area contributed by atoms with E-state index in [4.69, 9.17) is 21.1 Å². The van der Waals surface area contributed by atoms with E-state index in [0.29, 0.717) is 16.3 Å². The van der Waals surface area contributed by atoms with Gasteiger partial charge in [0.2, 0.25) is 0 Å². The number of halogens is 1. The van der Waals surface area contributed by atoms with Crippen LogP contribution in [0.1, 0.15) is 15.9 Å². The van der Waals surface area contributed by atoms with Crippen LogP contribution in [0.4, 0.5) is 5.69 Å². The van der Waals surface area contributed by atoms with Crippen molar-refractivity contribution in [2.45, 2.75) is 0 Å².